The molecule has 1 aliphatic rings. The molecule has 5 rings (SSSR count). The molecule has 4 aromatic rings. The number of carbonyl (C=O) groups excluding carboxylic acids is 2. The van der Waals surface area contributed by atoms with Gasteiger partial charge in [-0.2, -0.15) is 0 Å². The van der Waals surface area contributed by atoms with Crippen molar-refractivity contribution in [1.82, 2.24) is 5.32 Å². The molecule has 5 nitrogen and oxygen atoms in total. The van der Waals surface area contributed by atoms with E-state index in [0.29, 0.717) is 38.2 Å². The number of fused-ring (bicyclic) bond motifs is 2. The molecule has 1 atom stereocenters. The number of benzene rings is 4. The Morgan fingerprint density at radius 1 is 0.829 bits per heavy atom. The largest absolute Gasteiger partial charge is 0.348 e. The Labute approximate surface area is 210 Å². The van der Waals surface area contributed by atoms with Crippen LogP contribution < -0.4 is 10.2 Å². The summed E-state index contributed by atoms with van der Waals surface area (Å²) in [5.74, 6) is -0.561. The topological polar surface area (TPSA) is 66.5 Å². The van der Waals surface area contributed by atoms with E-state index in [1.807, 2.05) is 42.5 Å². The van der Waals surface area contributed by atoms with E-state index < -0.39 is 10.8 Å². The quantitative estimate of drug-likeness (QED) is 0.388. The maximum absolute atomic E-state index is 13.7. The summed E-state index contributed by atoms with van der Waals surface area (Å²) in [6.45, 7) is 0.590. The van der Waals surface area contributed by atoms with Crippen LogP contribution in [0, 0.1) is 0 Å². The molecule has 174 valence electrons. The molecule has 0 radical (unpaired) electrons. The summed E-state index contributed by atoms with van der Waals surface area (Å²) in [7, 11) is -1.59. The summed E-state index contributed by atoms with van der Waals surface area (Å²) in [4.78, 5) is 29.2. The normalized spacial score (nSPS) is 14.6. The molecule has 0 saturated heterocycles. The van der Waals surface area contributed by atoms with E-state index in [-0.39, 0.29) is 18.4 Å². The molecule has 0 spiro atoms. The number of anilines is 1. The van der Waals surface area contributed by atoms with Gasteiger partial charge in [0.2, 0.25) is 0 Å². The predicted molar refractivity (Wildman–Crippen MR) is 137 cm³/mol. The second kappa shape index (κ2) is 9.86. The van der Waals surface area contributed by atoms with Crippen molar-refractivity contribution in [1.29, 1.82) is 0 Å². The molecule has 1 aliphatic heterocycles. The van der Waals surface area contributed by atoms with Gasteiger partial charge in [0.05, 0.1) is 38.4 Å². The molecule has 0 unspecified atom stereocenters. The van der Waals surface area contributed by atoms with Crippen molar-refractivity contribution < 1.29 is 13.8 Å². The number of halogens is 1. The Kier molecular flexibility index (Phi) is 6.49. The fourth-order valence-electron chi connectivity index (χ4n) is 4.06. The van der Waals surface area contributed by atoms with Gasteiger partial charge in [0.25, 0.3) is 11.8 Å². The van der Waals surface area contributed by atoms with Crippen molar-refractivity contribution in [2.24, 2.45) is 0 Å². The molecule has 0 bridgehead atoms. The zero-order valence-electron chi connectivity index (χ0n) is 18.6. The standard InChI is InChI=1S/C28H21ClN2O3S/c29-22-10-6-9-20(15-22)18-31-24-16-21(27(32)30-17-19-7-2-1-3-8-19)13-14-26(24)35(34)25-12-5-4-11-23(25)28(31)33/h1-16H,17-18H2,(H,30,32)/t35-/m1/s1. The smallest absolute Gasteiger partial charge is 0.259 e. The van der Waals surface area contributed by atoms with Gasteiger partial charge in [-0.1, -0.05) is 66.2 Å². The van der Waals surface area contributed by atoms with Crippen LogP contribution in [-0.4, -0.2) is 16.0 Å². The monoisotopic (exact) mass is 500 g/mol. The lowest BCUT2D eigenvalue weighted by Gasteiger charge is -2.24. The number of rotatable bonds is 5. The van der Waals surface area contributed by atoms with Crippen LogP contribution in [0.2, 0.25) is 5.02 Å². The maximum atomic E-state index is 13.7. The molecule has 35 heavy (non-hydrogen) atoms. The van der Waals surface area contributed by atoms with Crippen molar-refractivity contribution >= 4 is 39.9 Å². The minimum absolute atomic E-state index is 0.215. The maximum Gasteiger partial charge on any atom is 0.259 e. The fourth-order valence-corrected chi connectivity index (χ4v) is 5.62. The number of nitrogens with zero attached hydrogens (tertiary/aromatic N) is 1. The summed E-state index contributed by atoms with van der Waals surface area (Å²) in [6, 6.07) is 28.7. The van der Waals surface area contributed by atoms with Crippen LogP contribution in [0.25, 0.3) is 0 Å². The van der Waals surface area contributed by atoms with Gasteiger partial charge in [0.15, 0.2) is 0 Å². The Morgan fingerprint density at radius 2 is 1.57 bits per heavy atom. The Balaban J connectivity index is 1.55. The van der Waals surface area contributed by atoms with Crippen LogP contribution >= 0.6 is 11.6 Å². The Bertz CT molecular complexity index is 1460. The number of carbonyl (C=O) groups is 2. The molecular formula is C28H21ClN2O3S. The average molecular weight is 501 g/mol. The van der Waals surface area contributed by atoms with Gasteiger partial charge in [-0.3, -0.25) is 9.59 Å². The number of amides is 2. The van der Waals surface area contributed by atoms with Crippen LogP contribution in [0.5, 0.6) is 0 Å². The molecular weight excluding hydrogens is 480 g/mol. The van der Waals surface area contributed by atoms with E-state index in [4.69, 9.17) is 11.6 Å². The molecule has 0 aromatic heterocycles. The van der Waals surface area contributed by atoms with E-state index in [9.17, 15) is 13.8 Å². The second-order valence-corrected chi connectivity index (χ2v) is 9.99. The average Bonchev–Trinajstić information content (AvgIpc) is 2.97. The third-order valence-corrected chi connectivity index (χ3v) is 7.53. The Hall–Kier alpha value is -3.74. The van der Waals surface area contributed by atoms with Crippen LogP contribution in [0.4, 0.5) is 5.69 Å². The number of hydrogen-bond donors (Lipinski definition) is 1. The van der Waals surface area contributed by atoms with Crippen LogP contribution in [0.1, 0.15) is 31.8 Å². The first-order chi connectivity index (χ1) is 17.0. The zero-order chi connectivity index (χ0) is 24.4. The molecule has 0 fully saturated rings. The van der Waals surface area contributed by atoms with Crippen LogP contribution in [0.3, 0.4) is 0 Å². The third kappa shape index (κ3) is 4.76. The summed E-state index contributed by atoms with van der Waals surface area (Å²) >= 11 is 6.18. The van der Waals surface area contributed by atoms with E-state index in [1.165, 1.54) is 0 Å². The lowest BCUT2D eigenvalue weighted by atomic mass is 10.1. The van der Waals surface area contributed by atoms with Gasteiger partial charge in [-0.15, -0.1) is 0 Å². The fraction of sp³-hybridized carbons (Fsp3) is 0.0714. The SMILES string of the molecule is O=C(NCc1ccccc1)c1ccc2c(c1)N(Cc1cccc(Cl)c1)C(=O)c1ccccc1[S@]2=O. The van der Waals surface area contributed by atoms with E-state index in [2.05, 4.69) is 5.32 Å². The Morgan fingerprint density at radius 3 is 2.37 bits per heavy atom. The van der Waals surface area contributed by atoms with E-state index >= 15 is 0 Å². The van der Waals surface area contributed by atoms with Crippen molar-refractivity contribution in [3.8, 4) is 0 Å². The highest BCUT2D eigenvalue weighted by molar-refractivity contribution is 7.85. The van der Waals surface area contributed by atoms with Gasteiger partial charge >= 0.3 is 0 Å². The van der Waals surface area contributed by atoms with Crippen molar-refractivity contribution in [3.05, 3.63) is 124 Å². The van der Waals surface area contributed by atoms with Gasteiger partial charge in [-0.05, 0) is 53.6 Å². The third-order valence-electron chi connectivity index (χ3n) is 5.80. The number of hydrogen-bond acceptors (Lipinski definition) is 3. The van der Waals surface area contributed by atoms with Crippen molar-refractivity contribution in [2.75, 3.05) is 4.90 Å². The predicted octanol–water partition coefficient (Wildman–Crippen LogP) is 5.60. The molecule has 2 amide bonds. The van der Waals surface area contributed by atoms with Crippen molar-refractivity contribution in [3.63, 3.8) is 0 Å². The first-order valence-corrected chi connectivity index (χ1v) is 12.6. The molecule has 0 saturated carbocycles. The van der Waals surface area contributed by atoms with Crippen LogP contribution in [-0.2, 0) is 23.9 Å². The summed E-state index contributed by atoms with van der Waals surface area (Å²) in [6.07, 6.45) is 0. The second-order valence-electron chi connectivity index (χ2n) is 8.14. The summed E-state index contributed by atoms with van der Waals surface area (Å²) < 4.78 is 13.5. The van der Waals surface area contributed by atoms with E-state index in [1.54, 1.807) is 59.5 Å². The minimum atomic E-state index is -1.59. The van der Waals surface area contributed by atoms with Gasteiger partial charge in [-0.25, -0.2) is 4.21 Å². The minimum Gasteiger partial charge on any atom is -0.348 e. The van der Waals surface area contributed by atoms with E-state index in [0.717, 1.165) is 11.1 Å². The van der Waals surface area contributed by atoms with Gasteiger partial charge in [0.1, 0.15) is 0 Å². The first-order valence-electron chi connectivity index (χ1n) is 11.0. The zero-order valence-corrected chi connectivity index (χ0v) is 20.2. The molecule has 1 heterocycles. The molecule has 1 N–H and O–H groups in total. The molecule has 4 aromatic carbocycles. The highest BCUT2D eigenvalue weighted by atomic mass is 35.5. The van der Waals surface area contributed by atoms with Gasteiger partial charge in [0, 0.05) is 17.1 Å². The van der Waals surface area contributed by atoms with Gasteiger partial charge < -0.3 is 10.2 Å². The lowest BCUT2D eigenvalue weighted by Crippen LogP contribution is -2.31. The highest BCUT2D eigenvalue weighted by Gasteiger charge is 2.31. The lowest BCUT2D eigenvalue weighted by molar-refractivity contribution is 0.0947. The number of nitrogens with one attached hydrogen (secondary N) is 1. The van der Waals surface area contributed by atoms with Crippen LogP contribution in [0.15, 0.2) is 107 Å². The summed E-state index contributed by atoms with van der Waals surface area (Å²) in [5.41, 5.74) is 2.99. The van der Waals surface area contributed by atoms with Crippen molar-refractivity contribution in [2.45, 2.75) is 22.9 Å². The molecule has 0 aliphatic carbocycles. The summed E-state index contributed by atoms with van der Waals surface area (Å²) in [5, 5.41) is 3.47. The first kappa shape index (κ1) is 23.0. The highest BCUT2D eigenvalue weighted by Crippen LogP contribution is 2.36. The molecule has 7 heteroatoms.